The van der Waals surface area contributed by atoms with E-state index in [9.17, 15) is 9.18 Å². The summed E-state index contributed by atoms with van der Waals surface area (Å²) in [7, 11) is 2.07. The third-order valence-corrected chi connectivity index (χ3v) is 6.14. The highest BCUT2D eigenvalue weighted by atomic mass is 19.1. The van der Waals surface area contributed by atoms with Gasteiger partial charge in [0, 0.05) is 51.5 Å². The third-order valence-electron chi connectivity index (χ3n) is 6.14. The Hall–Kier alpha value is -3.14. The summed E-state index contributed by atoms with van der Waals surface area (Å²) in [6, 6.07) is 3.13. The van der Waals surface area contributed by atoms with Crippen LogP contribution in [-0.2, 0) is 0 Å². The smallest absolute Gasteiger partial charge is 0.321 e. The number of anilines is 2. The van der Waals surface area contributed by atoms with E-state index in [4.69, 9.17) is 0 Å². The van der Waals surface area contributed by atoms with Crippen molar-refractivity contribution < 1.29 is 9.18 Å². The number of benzene rings is 1. The molecule has 2 aromatic heterocycles. The molecule has 2 aliphatic rings. The number of amides is 2. The second-order valence-corrected chi connectivity index (χ2v) is 8.32. The molecular formula is C21H27FN8O. The van der Waals surface area contributed by atoms with Crippen LogP contribution in [0.4, 0.5) is 20.6 Å². The molecule has 164 valence electrons. The van der Waals surface area contributed by atoms with Crippen molar-refractivity contribution in [3.8, 4) is 11.5 Å². The van der Waals surface area contributed by atoms with Gasteiger partial charge in [-0.25, -0.2) is 14.2 Å². The molecule has 9 nitrogen and oxygen atoms in total. The maximum Gasteiger partial charge on any atom is 0.321 e. The van der Waals surface area contributed by atoms with Gasteiger partial charge in [0.1, 0.15) is 5.82 Å². The molecule has 31 heavy (non-hydrogen) atoms. The molecule has 0 saturated carbocycles. The van der Waals surface area contributed by atoms with E-state index in [0.717, 1.165) is 64.0 Å². The van der Waals surface area contributed by atoms with Crippen LogP contribution in [0.1, 0.15) is 19.3 Å². The minimum atomic E-state index is -0.282. The van der Waals surface area contributed by atoms with E-state index in [2.05, 4.69) is 42.3 Å². The molecule has 2 amide bonds. The summed E-state index contributed by atoms with van der Waals surface area (Å²) in [5, 5.41) is 9.99. The van der Waals surface area contributed by atoms with Crippen LogP contribution in [0.2, 0.25) is 0 Å². The fourth-order valence-electron chi connectivity index (χ4n) is 4.28. The van der Waals surface area contributed by atoms with Gasteiger partial charge in [-0.05, 0) is 32.4 Å². The average molecular weight is 427 g/mol. The van der Waals surface area contributed by atoms with Crippen molar-refractivity contribution in [2.24, 2.45) is 0 Å². The van der Waals surface area contributed by atoms with Crippen molar-refractivity contribution in [3.05, 3.63) is 24.1 Å². The highest BCUT2D eigenvalue weighted by Gasteiger charge is 2.22. The molecule has 3 N–H and O–H groups in total. The molecule has 0 aliphatic carbocycles. The number of hydrogen-bond acceptors (Lipinski definition) is 5. The van der Waals surface area contributed by atoms with Gasteiger partial charge in [-0.2, -0.15) is 5.10 Å². The van der Waals surface area contributed by atoms with Crippen LogP contribution in [0.25, 0.3) is 22.6 Å². The molecule has 2 fully saturated rings. The lowest BCUT2D eigenvalue weighted by Gasteiger charge is -2.34. The minimum absolute atomic E-state index is 0.137. The number of piperidine rings is 1. The third kappa shape index (κ3) is 3.95. The first-order valence-corrected chi connectivity index (χ1v) is 10.8. The number of aromatic amines is 2. The molecule has 4 heterocycles. The molecular weight excluding hydrogens is 399 g/mol. The van der Waals surface area contributed by atoms with Crippen LogP contribution in [0.3, 0.4) is 0 Å². The summed E-state index contributed by atoms with van der Waals surface area (Å²) in [6.45, 7) is 4.89. The number of piperazine rings is 1. The van der Waals surface area contributed by atoms with Gasteiger partial charge in [-0.15, -0.1) is 0 Å². The van der Waals surface area contributed by atoms with Crippen LogP contribution in [0, 0.1) is 5.82 Å². The summed E-state index contributed by atoms with van der Waals surface area (Å²) >= 11 is 0. The summed E-state index contributed by atoms with van der Waals surface area (Å²) in [6.07, 6.45) is 4.85. The van der Waals surface area contributed by atoms with E-state index in [-0.39, 0.29) is 11.8 Å². The number of likely N-dealkylation sites (N-methyl/N-ethyl adjacent to an activating group) is 1. The van der Waals surface area contributed by atoms with E-state index in [1.165, 1.54) is 6.07 Å². The standard InChI is InChI=1S/C21H27FN8O/c1-28-7-9-29(10-8-28)18-12-16-15(11-14(18)22)24-20(25-16)19-17(13-23-27-19)26-21(31)30-5-3-2-4-6-30/h11-13H,2-10H2,1H3,(H,23,27)(H,24,25)(H,26,31). The lowest BCUT2D eigenvalue weighted by molar-refractivity contribution is 0.200. The number of likely N-dealkylation sites (tertiary alicyclic amines) is 1. The van der Waals surface area contributed by atoms with Gasteiger partial charge in [0.05, 0.1) is 22.4 Å². The second-order valence-electron chi connectivity index (χ2n) is 8.32. The second kappa shape index (κ2) is 8.18. The molecule has 5 rings (SSSR count). The Labute approximate surface area is 179 Å². The summed E-state index contributed by atoms with van der Waals surface area (Å²) in [5.74, 6) is 0.205. The lowest BCUT2D eigenvalue weighted by atomic mass is 10.1. The number of fused-ring (bicyclic) bond motifs is 1. The van der Waals surface area contributed by atoms with Gasteiger partial charge < -0.3 is 25.0 Å². The Morgan fingerprint density at radius 1 is 1.10 bits per heavy atom. The van der Waals surface area contributed by atoms with Crippen molar-refractivity contribution in [1.29, 1.82) is 0 Å². The fraction of sp³-hybridized carbons (Fsp3) is 0.476. The summed E-state index contributed by atoms with van der Waals surface area (Å²) in [4.78, 5) is 26.5. The van der Waals surface area contributed by atoms with E-state index < -0.39 is 0 Å². The highest BCUT2D eigenvalue weighted by molar-refractivity contribution is 5.93. The Morgan fingerprint density at radius 2 is 1.87 bits per heavy atom. The number of urea groups is 1. The van der Waals surface area contributed by atoms with Gasteiger partial charge in [0.15, 0.2) is 11.5 Å². The predicted molar refractivity (Wildman–Crippen MR) is 118 cm³/mol. The van der Waals surface area contributed by atoms with Crippen molar-refractivity contribution in [2.45, 2.75) is 19.3 Å². The van der Waals surface area contributed by atoms with Crippen molar-refractivity contribution >= 4 is 28.4 Å². The van der Waals surface area contributed by atoms with Crippen LogP contribution in [0.5, 0.6) is 0 Å². The number of H-pyrrole nitrogens is 2. The predicted octanol–water partition coefficient (Wildman–Crippen LogP) is 2.86. The van der Waals surface area contributed by atoms with Crippen molar-refractivity contribution in [2.75, 3.05) is 56.5 Å². The van der Waals surface area contributed by atoms with Crippen molar-refractivity contribution in [3.63, 3.8) is 0 Å². The normalized spacial score (nSPS) is 18.0. The number of halogens is 1. The van der Waals surface area contributed by atoms with Gasteiger partial charge in [0.2, 0.25) is 0 Å². The Bertz CT molecular complexity index is 1080. The zero-order chi connectivity index (χ0) is 21.4. The maximum absolute atomic E-state index is 14.8. The number of hydrogen-bond donors (Lipinski definition) is 3. The highest BCUT2D eigenvalue weighted by Crippen LogP contribution is 2.30. The first-order valence-electron chi connectivity index (χ1n) is 10.8. The monoisotopic (exact) mass is 426 g/mol. The van der Waals surface area contributed by atoms with Crippen LogP contribution >= 0.6 is 0 Å². The van der Waals surface area contributed by atoms with E-state index >= 15 is 0 Å². The number of nitrogens with one attached hydrogen (secondary N) is 3. The minimum Gasteiger partial charge on any atom is -0.367 e. The number of rotatable bonds is 3. The first-order chi connectivity index (χ1) is 15.1. The summed E-state index contributed by atoms with van der Waals surface area (Å²) in [5.41, 5.74) is 2.90. The molecule has 0 unspecified atom stereocenters. The molecule has 10 heteroatoms. The largest absolute Gasteiger partial charge is 0.367 e. The van der Waals surface area contributed by atoms with Gasteiger partial charge in [-0.1, -0.05) is 0 Å². The molecule has 0 spiro atoms. The first kappa shape index (κ1) is 19.8. The topological polar surface area (TPSA) is 96.2 Å². The summed E-state index contributed by atoms with van der Waals surface area (Å²) < 4.78 is 14.8. The molecule has 0 bridgehead atoms. The van der Waals surface area contributed by atoms with E-state index in [1.807, 2.05) is 11.0 Å². The van der Waals surface area contributed by atoms with Crippen molar-refractivity contribution in [1.82, 2.24) is 30.0 Å². The van der Waals surface area contributed by atoms with Crippen LogP contribution in [-0.4, -0.2) is 82.3 Å². The van der Waals surface area contributed by atoms with Gasteiger partial charge >= 0.3 is 6.03 Å². The molecule has 2 aliphatic heterocycles. The molecule has 2 saturated heterocycles. The molecule has 1 aromatic carbocycles. The fourth-order valence-corrected chi connectivity index (χ4v) is 4.28. The molecule has 0 atom stereocenters. The van der Waals surface area contributed by atoms with Gasteiger partial charge in [-0.3, -0.25) is 5.10 Å². The number of carbonyl (C=O) groups is 1. The maximum atomic E-state index is 14.8. The van der Waals surface area contributed by atoms with E-state index in [0.29, 0.717) is 28.4 Å². The zero-order valence-electron chi connectivity index (χ0n) is 17.6. The number of nitrogens with zero attached hydrogens (tertiary/aromatic N) is 5. The Balaban J connectivity index is 1.40. The van der Waals surface area contributed by atoms with Crippen LogP contribution in [0.15, 0.2) is 18.3 Å². The Morgan fingerprint density at radius 3 is 2.65 bits per heavy atom. The zero-order valence-corrected chi connectivity index (χ0v) is 17.6. The molecule has 3 aromatic rings. The molecule has 0 radical (unpaired) electrons. The lowest BCUT2D eigenvalue weighted by Crippen LogP contribution is -2.44. The number of imidazole rings is 1. The number of aromatic nitrogens is 4. The quantitative estimate of drug-likeness (QED) is 0.599. The SMILES string of the molecule is CN1CCN(c2cc3[nH]c(-c4n[nH]cc4NC(=O)N4CCCCC4)nc3cc2F)CC1. The Kier molecular flexibility index (Phi) is 5.23. The average Bonchev–Trinajstić information content (AvgIpc) is 3.40. The van der Waals surface area contributed by atoms with Crippen LogP contribution < -0.4 is 10.2 Å². The van der Waals surface area contributed by atoms with Gasteiger partial charge in [0.25, 0.3) is 0 Å². The number of carbonyl (C=O) groups excluding carboxylic acids is 1. The van der Waals surface area contributed by atoms with E-state index in [1.54, 1.807) is 6.20 Å².